The molecule has 128 valence electrons. The van der Waals surface area contributed by atoms with E-state index in [-0.39, 0.29) is 24.7 Å². The summed E-state index contributed by atoms with van der Waals surface area (Å²) >= 11 is 0. The summed E-state index contributed by atoms with van der Waals surface area (Å²) < 4.78 is 29.4. The van der Waals surface area contributed by atoms with E-state index in [1.165, 1.54) is 27.4 Å². The third-order valence-corrected chi connectivity index (χ3v) is 3.57. The van der Waals surface area contributed by atoms with Gasteiger partial charge in [-0.1, -0.05) is 24.3 Å². The second kappa shape index (κ2) is 8.19. The van der Waals surface area contributed by atoms with Gasteiger partial charge < -0.3 is 19.5 Å². The SMILES string of the molecule is COc1ccc(CC(=O)NCc2ccccc2F)c(OC)c1OC. The van der Waals surface area contributed by atoms with Crippen LogP contribution in [-0.4, -0.2) is 27.2 Å². The predicted molar refractivity (Wildman–Crippen MR) is 88.0 cm³/mol. The minimum atomic E-state index is -0.346. The highest BCUT2D eigenvalue weighted by Crippen LogP contribution is 2.39. The third-order valence-electron chi connectivity index (χ3n) is 3.57. The van der Waals surface area contributed by atoms with E-state index in [1.807, 2.05) is 0 Å². The summed E-state index contributed by atoms with van der Waals surface area (Å²) in [5.41, 5.74) is 1.09. The fourth-order valence-electron chi connectivity index (χ4n) is 2.37. The van der Waals surface area contributed by atoms with Crippen LogP contribution in [0.2, 0.25) is 0 Å². The molecule has 2 rings (SSSR count). The standard InChI is InChI=1S/C18H20FNO4/c1-22-15-9-8-12(17(23-2)18(15)24-3)10-16(21)20-11-13-6-4-5-7-14(13)19/h4-9H,10-11H2,1-3H3,(H,20,21). The molecule has 0 aliphatic rings. The van der Waals surface area contributed by atoms with Crippen molar-refractivity contribution in [3.8, 4) is 17.2 Å². The van der Waals surface area contributed by atoms with Gasteiger partial charge >= 0.3 is 0 Å². The molecule has 1 N–H and O–H groups in total. The average Bonchev–Trinajstić information content (AvgIpc) is 2.60. The Morgan fingerprint density at radius 1 is 0.958 bits per heavy atom. The van der Waals surface area contributed by atoms with E-state index in [0.717, 1.165) is 0 Å². The molecule has 0 aliphatic carbocycles. The predicted octanol–water partition coefficient (Wildman–Crippen LogP) is 2.71. The molecule has 0 aromatic heterocycles. The second-order valence-electron chi connectivity index (χ2n) is 5.04. The molecule has 0 unspecified atom stereocenters. The van der Waals surface area contributed by atoms with Gasteiger partial charge in [0.25, 0.3) is 0 Å². The van der Waals surface area contributed by atoms with Gasteiger partial charge in [-0.05, 0) is 12.1 Å². The summed E-state index contributed by atoms with van der Waals surface area (Å²) in [5, 5.41) is 2.70. The minimum Gasteiger partial charge on any atom is -0.493 e. The van der Waals surface area contributed by atoms with Gasteiger partial charge in [-0.15, -0.1) is 0 Å². The van der Waals surface area contributed by atoms with Crippen molar-refractivity contribution in [1.82, 2.24) is 5.32 Å². The van der Waals surface area contributed by atoms with E-state index < -0.39 is 0 Å². The number of amides is 1. The zero-order valence-corrected chi connectivity index (χ0v) is 13.9. The van der Waals surface area contributed by atoms with E-state index >= 15 is 0 Å². The maximum absolute atomic E-state index is 13.6. The Morgan fingerprint density at radius 2 is 1.67 bits per heavy atom. The van der Waals surface area contributed by atoms with Crippen molar-refractivity contribution in [1.29, 1.82) is 0 Å². The molecule has 5 nitrogen and oxygen atoms in total. The number of benzene rings is 2. The maximum atomic E-state index is 13.6. The van der Waals surface area contributed by atoms with Gasteiger partial charge in [-0.25, -0.2) is 4.39 Å². The number of carbonyl (C=O) groups is 1. The largest absolute Gasteiger partial charge is 0.493 e. The zero-order valence-electron chi connectivity index (χ0n) is 13.9. The van der Waals surface area contributed by atoms with Crippen molar-refractivity contribution in [2.45, 2.75) is 13.0 Å². The number of hydrogen-bond acceptors (Lipinski definition) is 4. The molecule has 0 radical (unpaired) electrons. The van der Waals surface area contributed by atoms with Crippen LogP contribution in [0.15, 0.2) is 36.4 Å². The number of hydrogen-bond donors (Lipinski definition) is 1. The lowest BCUT2D eigenvalue weighted by Gasteiger charge is -2.15. The summed E-state index contributed by atoms with van der Waals surface area (Å²) in [6, 6.07) is 9.77. The number of ether oxygens (including phenoxy) is 3. The summed E-state index contributed by atoms with van der Waals surface area (Å²) in [6.07, 6.45) is 0.0813. The van der Waals surface area contributed by atoms with E-state index in [9.17, 15) is 9.18 Å². The van der Waals surface area contributed by atoms with E-state index in [0.29, 0.717) is 28.4 Å². The molecule has 0 aliphatic heterocycles. The maximum Gasteiger partial charge on any atom is 0.224 e. The van der Waals surface area contributed by atoms with Gasteiger partial charge in [0.1, 0.15) is 5.82 Å². The van der Waals surface area contributed by atoms with Gasteiger partial charge in [0.15, 0.2) is 11.5 Å². The number of rotatable bonds is 7. The van der Waals surface area contributed by atoms with Crippen LogP contribution >= 0.6 is 0 Å². The lowest BCUT2D eigenvalue weighted by Crippen LogP contribution is -2.25. The van der Waals surface area contributed by atoms with Crippen LogP contribution in [0.1, 0.15) is 11.1 Å². The van der Waals surface area contributed by atoms with Gasteiger partial charge in [0, 0.05) is 17.7 Å². The number of methoxy groups -OCH3 is 3. The van der Waals surface area contributed by atoms with Crippen molar-refractivity contribution >= 4 is 5.91 Å². The molecule has 2 aromatic carbocycles. The Labute approximate surface area is 140 Å². The Hall–Kier alpha value is -2.76. The van der Waals surface area contributed by atoms with Crippen LogP contribution in [0, 0.1) is 5.82 Å². The number of nitrogens with one attached hydrogen (secondary N) is 1. The Bertz CT molecular complexity index is 718. The summed E-state index contributed by atoms with van der Waals surface area (Å²) in [5.74, 6) is 0.799. The Kier molecular flexibility index (Phi) is 6.01. The highest BCUT2D eigenvalue weighted by molar-refractivity contribution is 5.80. The molecule has 0 bridgehead atoms. The molecule has 0 saturated carbocycles. The average molecular weight is 333 g/mol. The van der Waals surface area contributed by atoms with E-state index in [2.05, 4.69) is 5.32 Å². The highest BCUT2D eigenvalue weighted by Gasteiger charge is 2.17. The topological polar surface area (TPSA) is 56.8 Å². The molecule has 0 fully saturated rings. The second-order valence-corrected chi connectivity index (χ2v) is 5.04. The molecule has 0 heterocycles. The molecule has 0 spiro atoms. The fraction of sp³-hybridized carbons (Fsp3) is 0.278. The van der Waals surface area contributed by atoms with Gasteiger partial charge in [-0.3, -0.25) is 4.79 Å². The molecule has 1 amide bonds. The molecule has 0 atom stereocenters. The van der Waals surface area contributed by atoms with Crippen molar-refractivity contribution in [3.05, 3.63) is 53.3 Å². The molecule has 0 saturated heterocycles. The van der Waals surface area contributed by atoms with Crippen LogP contribution in [0.5, 0.6) is 17.2 Å². The highest BCUT2D eigenvalue weighted by atomic mass is 19.1. The van der Waals surface area contributed by atoms with Gasteiger partial charge in [0.2, 0.25) is 11.7 Å². The molecular formula is C18H20FNO4. The van der Waals surface area contributed by atoms with Crippen LogP contribution in [0.25, 0.3) is 0 Å². The lowest BCUT2D eigenvalue weighted by molar-refractivity contribution is -0.120. The monoisotopic (exact) mass is 333 g/mol. The van der Waals surface area contributed by atoms with Crippen molar-refractivity contribution < 1.29 is 23.4 Å². The first kappa shape index (κ1) is 17.6. The van der Waals surface area contributed by atoms with Crippen molar-refractivity contribution in [2.75, 3.05) is 21.3 Å². The Balaban J connectivity index is 2.10. The molecule has 24 heavy (non-hydrogen) atoms. The first-order valence-electron chi connectivity index (χ1n) is 7.38. The normalized spacial score (nSPS) is 10.2. The Morgan fingerprint density at radius 3 is 2.29 bits per heavy atom. The zero-order chi connectivity index (χ0) is 17.5. The molecule has 6 heteroatoms. The lowest BCUT2D eigenvalue weighted by atomic mass is 10.1. The van der Waals surface area contributed by atoms with Crippen LogP contribution in [0.4, 0.5) is 4.39 Å². The van der Waals surface area contributed by atoms with Crippen LogP contribution in [-0.2, 0) is 17.8 Å². The number of halogens is 1. The number of carbonyl (C=O) groups excluding carboxylic acids is 1. The summed E-state index contributed by atoms with van der Waals surface area (Å²) in [4.78, 5) is 12.2. The summed E-state index contributed by atoms with van der Waals surface area (Å²) in [6.45, 7) is 0.126. The van der Waals surface area contributed by atoms with Crippen molar-refractivity contribution in [2.24, 2.45) is 0 Å². The molecular weight excluding hydrogens is 313 g/mol. The smallest absolute Gasteiger partial charge is 0.224 e. The fourth-order valence-corrected chi connectivity index (χ4v) is 2.37. The first-order chi connectivity index (χ1) is 11.6. The molecule has 2 aromatic rings. The van der Waals surface area contributed by atoms with Crippen LogP contribution < -0.4 is 19.5 Å². The third kappa shape index (κ3) is 3.95. The minimum absolute atomic E-state index is 0.0813. The van der Waals surface area contributed by atoms with E-state index in [4.69, 9.17) is 14.2 Å². The quantitative estimate of drug-likeness (QED) is 0.846. The van der Waals surface area contributed by atoms with Gasteiger partial charge in [-0.2, -0.15) is 0 Å². The van der Waals surface area contributed by atoms with Gasteiger partial charge in [0.05, 0.1) is 27.8 Å². The van der Waals surface area contributed by atoms with Crippen molar-refractivity contribution in [3.63, 3.8) is 0 Å². The first-order valence-corrected chi connectivity index (χ1v) is 7.38. The van der Waals surface area contributed by atoms with Crippen LogP contribution in [0.3, 0.4) is 0 Å². The van der Waals surface area contributed by atoms with E-state index in [1.54, 1.807) is 30.3 Å². The summed E-state index contributed by atoms with van der Waals surface area (Å²) in [7, 11) is 4.53.